The summed E-state index contributed by atoms with van der Waals surface area (Å²) in [4.78, 5) is 11.8. The smallest absolute Gasteiger partial charge is 0.322 e. The summed E-state index contributed by atoms with van der Waals surface area (Å²) in [5.41, 5.74) is 0. The third-order valence-electron chi connectivity index (χ3n) is 3.01. The van der Waals surface area contributed by atoms with Gasteiger partial charge in [-0.3, -0.25) is 0 Å². The molecule has 20 heavy (non-hydrogen) atoms. The Morgan fingerprint density at radius 3 is 2.85 bits per heavy atom. The van der Waals surface area contributed by atoms with Crippen LogP contribution in [0.5, 0.6) is 6.01 Å². The maximum Gasteiger partial charge on any atom is 0.322 e. The van der Waals surface area contributed by atoms with Gasteiger partial charge in [0.1, 0.15) is 0 Å². The number of aromatic nitrogens is 3. The van der Waals surface area contributed by atoms with Crippen LogP contribution in [0.1, 0.15) is 19.3 Å². The summed E-state index contributed by atoms with van der Waals surface area (Å²) in [7, 11) is 1.49. The average Bonchev–Trinajstić information content (AvgIpc) is 2.47. The van der Waals surface area contributed by atoms with Crippen LogP contribution in [0.15, 0.2) is 0 Å². The molecule has 1 aromatic rings. The van der Waals surface area contributed by atoms with Crippen molar-refractivity contribution < 1.29 is 9.47 Å². The highest BCUT2D eigenvalue weighted by atomic mass is 35.5. The fourth-order valence-electron chi connectivity index (χ4n) is 1.99. The van der Waals surface area contributed by atoms with Crippen molar-refractivity contribution in [2.75, 3.05) is 38.7 Å². The van der Waals surface area contributed by atoms with E-state index in [9.17, 15) is 0 Å². The van der Waals surface area contributed by atoms with Gasteiger partial charge in [0, 0.05) is 13.2 Å². The lowest BCUT2D eigenvalue weighted by Crippen LogP contribution is -2.32. The quantitative estimate of drug-likeness (QED) is 0.730. The van der Waals surface area contributed by atoms with Gasteiger partial charge in [-0.2, -0.15) is 15.0 Å². The van der Waals surface area contributed by atoms with E-state index in [1.54, 1.807) is 0 Å². The molecule has 0 aliphatic carbocycles. The SMILES string of the molecule is COc1nc(Cl)nc(NCCCOC2CCNCC2)n1. The van der Waals surface area contributed by atoms with Gasteiger partial charge in [0.25, 0.3) is 0 Å². The Balaban J connectivity index is 1.64. The fraction of sp³-hybridized carbons (Fsp3) is 0.750. The van der Waals surface area contributed by atoms with E-state index in [4.69, 9.17) is 21.1 Å². The summed E-state index contributed by atoms with van der Waals surface area (Å²) < 4.78 is 10.7. The first-order chi connectivity index (χ1) is 9.78. The number of nitrogens with one attached hydrogen (secondary N) is 2. The Hall–Kier alpha value is -1.18. The fourth-order valence-corrected chi connectivity index (χ4v) is 2.14. The lowest BCUT2D eigenvalue weighted by atomic mass is 10.1. The minimum atomic E-state index is 0.116. The molecular weight excluding hydrogens is 282 g/mol. The standard InChI is InChI=1S/C12H20ClN5O2/c1-19-12-17-10(13)16-11(18-12)15-5-2-8-20-9-3-6-14-7-4-9/h9,14H,2-8H2,1H3,(H,15,16,17,18). The van der Waals surface area contributed by atoms with Crippen LogP contribution in [0.3, 0.4) is 0 Å². The van der Waals surface area contributed by atoms with Crippen LogP contribution >= 0.6 is 11.6 Å². The van der Waals surface area contributed by atoms with Gasteiger partial charge in [-0.1, -0.05) is 0 Å². The monoisotopic (exact) mass is 301 g/mol. The first-order valence-corrected chi connectivity index (χ1v) is 7.17. The predicted molar refractivity (Wildman–Crippen MR) is 76.3 cm³/mol. The molecule has 0 aromatic carbocycles. The molecule has 0 bridgehead atoms. The first kappa shape index (κ1) is 15.2. The molecule has 0 unspecified atom stereocenters. The molecule has 1 aliphatic rings. The second kappa shape index (κ2) is 8.18. The Labute approximate surface area is 123 Å². The Morgan fingerprint density at radius 1 is 1.30 bits per heavy atom. The van der Waals surface area contributed by atoms with E-state index in [2.05, 4.69) is 25.6 Å². The normalized spacial score (nSPS) is 16.1. The number of anilines is 1. The highest BCUT2D eigenvalue weighted by Crippen LogP contribution is 2.11. The number of halogens is 1. The molecule has 0 amide bonds. The van der Waals surface area contributed by atoms with Gasteiger partial charge >= 0.3 is 6.01 Å². The number of hydrogen-bond donors (Lipinski definition) is 2. The van der Waals surface area contributed by atoms with Gasteiger partial charge in [0.2, 0.25) is 11.2 Å². The van der Waals surface area contributed by atoms with Gasteiger partial charge in [0.15, 0.2) is 0 Å². The van der Waals surface area contributed by atoms with Crippen LogP contribution < -0.4 is 15.4 Å². The van der Waals surface area contributed by atoms with E-state index in [0.29, 0.717) is 18.6 Å². The molecule has 2 heterocycles. The number of hydrogen-bond acceptors (Lipinski definition) is 7. The second-order valence-corrected chi connectivity index (χ2v) is 4.85. The highest BCUT2D eigenvalue weighted by molar-refractivity contribution is 6.28. The molecule has 1 fully saturated rings. The van der Waals surface area contributed by atoms with Gasteiger partial charge in [-0.25, -0.2) is 0 Å². The van der Waals surface area contributed by atoms with Crippen LogP contribution in [0.4, 0.5) is 5.95 Å². The van der Waals surface area contributed by atoms with Crippen molar-refractivity contribution >= 4 is 17.5 Å². The zero-order chi connectivity index (χ0) is 14.2. The summed E-state index contributed by atoms with van der Waals surface area (Å²) in [6.45, 7) is 3.54. The molecule has 0 radical (unpaired) electrons. The van der Waals surface area contributed by atoms with Crippen LogP contribution in [0.25, 0.3) is 0 Å². The van der Waals surface area contributed by atoms with E-state index in [1.807, 2.05) is 0 Å². The Morgan fingerprint density at radius 2 is 2.10 bits per heavy atom. The predicted octanol–water partition coefficient (Wildman–Crippen LogP) is 1.10. The minimum Gasteiger partial charge on any atom is -0.467 e. The van der Waals surface area contributed by atoms with Crippen molar-refractivity contribution in [2.24, 2.45) is 0 Å². The van der Waals surface area contributed by atoms with E-state index in [-0.39, 0.29) is 11.3 Å². The van der Waals surface area contributed by atoms with Gasteiger partial charge < -0.3 is 20.1 Å². The largest absolute Gasteiger partial charge is 0.467 e. The van der Waals surface area contributed by atoms with Crippen LogP contribution in [0, 0.1) is 0 Å². The molecule has 1 saturated heterocycles. The Bertz CT molecular complexity index is 415. The van der Waals surface area contributed by atoms with Gasteiger partial charge in [-0.05, 0) is 44.0 Å². The number of rotatable bonds is 7. The van der Waals surface area contributed by atoms with Crippen molar-refractivity contribution in [3.63, 3.8) is 0 Å². The summed E-state index contributed by atoms with van der Waals surface area (Å²) >= 11 is 5.76. The molecule has 2 rings (SSSR count). The zero-order valence-electron chi connectivity index (χ0n) is 11.6. The lowest BCUT2D eigenvalue weighted by molar-refractivity contribution is 0.0329. The van der Waals surface area contributed by atoms with Crippen molar-refractivity contribution in [3.8, 4) is 6.01 Å². The highest BCUT2D eigenvalue weighted by Gasteiger charge is 2.12. The molecule has 2 N–H and O–H groups in total. The molecule has 7 nitrogen and oxygen atoms in total. The summed E-state index contributed by atoms with van der Waals surface area (Å²) in [6, 6.07) is 0.207. The molecule has 112 valence electrons. The van der Waals surface area contributed by atoms with Crippen LogP contribution in [-0.2, 0) is 4.74 Å². The topological polar surface area (TPSA) is 81.2 Å². The molecule has 0 saturated carbocycles. The van der Waals surface area contributed by atoms with E-state index in [1.165, 1.54) is 7.11 Å². The number of methoxy groups -OCH3 is 1. The third-order valence-corrected chi connectivity index (χ3v) is 3.18. The van der Waals surface area contributed by atoms with Crippen molar-refractivity contribution in [1.29, 1.82) is 0 Å². The number of nitrogens with zero attached hydrogens (tertiary/aromatic N) is 3. The second-order valence-electron chi connectivity index (χ2n) is 4.52. The molecule has 0 atom stereocenters. The van der Waals surface area contributed by atoms with E-state index >= 15 is 0 Å². The summed E-state index contributed by atoms with van der Waals surface area (Å²) in [6.07, 6.45) is 3.46. The van der Waals surface area contributed by atoms with Crippen molar-refractivity contribution in [2.45, 2.75) is 25.4 Å². The van der Waals surface area contributed by atoms with Crippen LogP contribution in [0.2, 0.25) is 5.28 Å². The maximum absolute atomic E-state index is 5.81. The molecule has 8 heteroatoms. The molecular formula is C12H20ClN5O2. The zero-order valence-corrected chi connectivity index (χ0v) is 12.3. The van der Waals surface area contributed by atoms with Crippen LogP contribution in [-0.4, -0.2) is 54.4 Å². The van der Waals surface area contributed by atoms with Crippen molar-refractivity contribution in [3.05, 3.63) is 5.28 Å². The van der Waals surface area contributed by atoms with Gasteiger partial charge in [0.05, 0.1) is 13.2 Å². The molecule has 0 spiro atoms. The number of ether oxygens (including phenoxy) is 2. The first-order valence-electron chi connectivity index (χ1n) is 6.79. The lowest BCUT2D eigenvalue weighted by Gasteiger charge is -2.22. The molecule has 1 aromatic heterocycles. The number of piperidine rings is 1. The average molecular weight is 302 g/mol. The van der Waals surface area contributed by atoms with E-state index in [0.717, 1.165) is 39.0 Å². The molecule has 1 aliphatic heterocycles. The maximum atomic E-state index is 5.81. The summed E-state index contributed by atoms with van der Waals surface area (Å²) in [5.74, 6) is 0.420. The van der Waals surface area contributed by atoms with E-state index < -0.39 is 0 Å². The third kappa shape index (κ3) is 5.07. The Kier molecular flexibility index (Phi) is 6.23. The van der Waals surface area contributed by atoms with Gasteiger partial charge in [-0.15, -0.1) is 0 Å². The summed E-state index contributed by atoms with van der Waals surface area (Å²) in [5, 5.41) is 6.51. The minimum absolute atomic E-state index is 0.116. The van der Waals surface area contributed by atoms with Crippen molar-refractivity contribution in [1.82, 2.24) is 20.3 Å².